The third-order valence-electron chi connectivity index (χ3n) is 3.31. The molecule has 2 rings (SSSR count). The number of rotatable bonds is 5. The number of nitrogen functional groups attached to an aromatic ring is 2. The van der Waals surface area contributed by atoms with Gasteiger partial charge in [0.2, 0.25) is 15.7 Å². The highest BCUT2D eigenvalue weighted by molar-refractivity contribution is 7.94. The van der Waals surface area contributed by atoms with Gasteiger partial charge in [0.15, 0.2) is 0 Å². The van der Waals surface area contributed by atoms with Crippen molar-refractivity contribution in [3.05, 3.63) is 42.5 Å². The van der Waals surface area contributed by atoms with Crippen molar-refractivity contribution >= 4 is 37.1 Å². The van der Waals surface area contributed by atoms with E-state index in [0.29, 0.717) is 5.69 Å². The zero-order chi connectivity index (χ0) is 18.8. The normalized spacial score (nSPS) is 11.9. The summed E-state index contributed by atoms with van der Waals surface area (Å²) < 4.78 is 52.3. The number of nitrogens with two attached hydrogens (primary N) is 2. The average Bonchev–Trinajstić information content (AvgIpc) is 2.54. The van der Waals surface area contributed by atoms with E-state index in [2.05, 4.69) is 0 Å². The quantitative estimate of drug-likeness (QED) is 0.649. The molecule has 134 valence electrons. The minimum Gasteiger partial charge on any atom is -0.399 e. The fourth-order valence-corrected chi connectivity index (χ4v) is 5.16. The first-order chi connectivity index (χ1) is 11.6. The summed E-state index contributed by atoms with van der Waals surface area (Å²) in [5.41, 5.74) is 11.5. The second-order valence-electron chi connectivity index (χ2n) is 5.16. The summed E-state index contributed by atoms with van der Waals surface area (Å²) in [5.74, 6) is -0.766. The summed E-state index contributed by atoms with van der Waals surface area (Å²) in [6, 6.07) is 8.66. The van der Waals surface area contributed by atoms with Crippen LogP contribution in [0, 0.1) is 0 Å². The van der Waals surface area contributed by atoms with E-state index in [0.717, 1.165) is 12.1 Å². The van der Waals surface area contributed by atoms with Crippen molar-refractivity contribution in [2.75, 3.05) is 11.5 Å². The number of sulfone groups is 1. The summed E-state index contributed by atoms with van der Waals surface area (Å²) in [7, 11) is -8.58. The van der Waals surface area contributed by atoms with Crippen LogP contribution in [0.3, 0.4) is 0 Å². The fraction of sp³-hybridized carbons (Fsp3) is 0.133. The van der Waals surface area contributed by atoms with E-state index >= 15 is 0 Å². The first kappa shape index (κ1) is 18.7. The van der Waals surface area contributed by atoms with Crippen molar-refractivity contribution in [2.45, 2.75) is 28.0 Å². The van der Waals surface area contributed by atoms with Crippen LogP contribution < -0.4 is 16.2 Å². The van der Waals surface area contributed by atoms with Gasteiger partial charge >= 0.3 is 0 Å². The van der Waals surface area contributed by atoms with E-state index in [1.807, 2.05) is 4.72 Å². The second-order valence-corrected chi connectivity index (χ2v) is 8.73. The molecule has 0 saturated heterocycles. The molecular formula is C15H17N3O5S2. The first-order valence-corrected chi connectivity index (χ1v) is 10.1. The van der Waals surface area contributed by atoms with Crippen LogP contribution in [0.25, 0.3) is 0 Å². The van der Waals surface area contributed by atoms with E-state index < -0.39 is 35.6 Å². The van der Waals surface area contributed by atoms with Gasteiger partial charge < -0.3 is 11.5 Å². The Morgan fingerprint density at radius 1 is 0.920 bits per heavy atom. The highest BCUT2D eigenvalue weighted by Gasteiger charge is 2.29. The Kier molecular flexibility index (Phi) is 5.04. The fourth-order valence-electron chi connectivity index (χ4n) is 2.01. The largest absolute Gasteiger partial charge is 0.399 e. The van der Waals surface area contributed by atoms with Crippen LogP contribution in [0.1, 0.15) is 13.3 Å². The van der Waals surface area contributed by atoms with Gasteiger partial charge in [-0.1, -0.05) is 6.92 Å². The molecule has 0 aliphatic carbocycles. The van der Waals surface area contributed by atoms with Crippen LogP contribution >= 0.6 is 0 Å². The molecule has 10 heteroatoms. The Balaban J connectivity index is 2.67. The molecule has 0 aliphatic heterocycles. The van der Waals surface area contributed by atoms with Gasteiger partial charge in [0.05, 0.1) is 9.79 Å². The van der Waals surface area contributed by atoms with Crippen molar-refractivity contribution < 1.29 is 21.6 Å². The zero-order valence-electron chi connectivity index (χ0n) is 13.3. The third-order valence-corrected chi connectivity index (χ3v) is 6.68. The van der Waals surface area contributed by atoms with Crippen molar-refractivity contribution in [3.63, 3.8) is 0 Å². The molecule has 0 unspecified atom stereocenters. The number of benzene rings is 2. The molecule has 1 amide bonds. The Hall–Kier alpha value is -2.59. The number of hydrogen-bond donors (Lipinski definition) is 3. The molecule has 2 aromatic carbocycles. The second kappa shape index (κ2) is 6.73. The molecule has 0 saturated carbocycles. The summed E-state index contributed by atoms with van der Waals surface area (Å²) in [5, 5.41) is 0. The first-order valence-electron chi connectivity index (χ1n) is 7.13. The maximum Gasteiger partial charge on any atom is 0.265 e. The molecule has 0 spiro atoms. The Morgan fingerprint density at radius 2 is 1.48 bits per heavy atom. The van der Waals surface area contributed by atoms with Crippen LogP contribution in [0.4, 0.5) is 11.4 Å². The molecule has 5 N–H and O–H groups in total. The summed E-state index contributed by atoms with van der Waals surface area (Å²) in [6.45, 7) is 1.47. The van der Waals surface area contributed by atoms with E-state index in [4.69, 9.17) is 11.5 Å². The number of carbonyl (C=O) groups is 1. The maximum absolute atomic E-state index is 12.8. The molecule has 0 fully saturated rings. The van der Waals surface area contributed by atoms with E-state index in [1.165, 1.54) is 37.3 Å². The SMILES string of the molecule is CCC(=O)NS(=O)(=O)c1cc(N)ccc1S(=O)(=O)c1ccc(N)cc1. The smallest absolute Gasteiger partial charge is 0.265 e. The Morgan fingerprint density at radius 3 is 2.04 bits per heavy atom. The number of anilines is 2. The number of nitrogens with one attached hydrogen (secondary N) is 1. The lowest BCUT2D eigenvalue weighted by molar-refractivity contribution is -0.119. The lowest BCUT2D eigenvalue weighted by Crippen LogP contribution is -2.31. The van der Waals surface area contributed by atoms with Gasteiger partial charge in [-0.2, -0.15) is 0 Å². The highest BCUT2D eigenvalue weighted by Crippen LogP contribution is 2.29. The minimum atomic E-state index is -4.41. The van der Waals surface area contributed by atoms with Crippen molar-refractivity contribution in [1.82, 2.24) is 4.72 Å². The van der Waals surface area contributed by atoms with Gasteiger partial charge in [0.25, 0.3) is 10.0 Å². The number of amides is 1. The standard InChI is InChI=1S/C15H17N3O5S2/c1-2-15(19)18-25(22,23)14-9-11(17)5-8-13(14)24(20,21)12-6-3-10(16)4-7-12/h3-9H,2,16-17H2,1H3,(H,18,19). The molecule has 8 nitrogen and oxygen atoms in total. The predicted octanol–water partition coefficient (Wildman–Crippen LogP) is 0.899. The highest BCUT2D eigenvalue weighted by atomic mass is 32.2. The summed E-state index contributed by atoms with van der Waals surface area (Å²) >= 11 is 0. The van der Waals surface area contributed by atoms with Crippen LogP contribution in [0.2, 0.25) is 0 Å². The number of hydrogen-bond acceptors (Lipinski definition) is 7. The van der Waals surface area contributed by atoms with Gasteiger partial charge in [-0.15, -0.1) is 0 Å². The van der Waals surface area contributed by atoms with Crippen LogP contribution in [-0.4, -0.2) is 22.7 Å². The third kappa shape index (κ3) is 3.91. The van der Waals surface area contributed by atoms with Crippen molar-refractivity contribution in [1.29, 1.82) is 0 Å². The van der Waals surface area contributed by atoms with Crippen molar-refractivity contribution in [2.24, 2.45) is 0 Å². The van der Waals surface area contributed by atoms with Gasteiger partial charge in [-0.3, -0.25) is 4.79 Å². The lowest BCUT2D eigenvalue weighted by atomic mass is 10.3. The predicted molar refractivity (Wildman–Crippen MR) is 92.8 cm³/mol. The van der Waals surface area contributed by atoms with E-state index in [1.54, 1.807) is 0 Å². The molecule has 0 bridgehead atoms. The summed E-state index contributed by atoms with van der Waals surface area (Å²) in [4.78, 5) is 10.3. The van der Waals surface area contributed by atoms with Gasteiger partial charge in [0.1, 0.15) is 4.90 Å². The summed E-state index contributed by atoms with van der Waals surface area (Å²) in [6.07, 6.45) is -0.0818. The topological polar surface area (TPSA) is 149 Å². The molecule has 0 aromatic heterocycles. The Labute approximate surface area is 145 Å². The van der Waals surface area contributed by atoms with Gasteiger partial charge in [-0.25, -0.2) is 21.6 Å². The van der Waals surface area contributed by atoms with Gasteiger partial charge in [0, 0.05) is 17.8 Å². The Bertz CT molecular complexity index is 1010. The van der Waals surface area contributed by atoms with Crippen molar-refractivity contribution in [3.8, 4) is 0 Å². The zero-order valence-corrected chi connectivity index (χ0v) is 14.9. The van der Waals surface area contributed by atoms with Crippen LogP contribution in [0.15, 0.2) is 57.2 Å². The van der Waals surface area contributed by atoms with E-state index in [-0.39, 0.29) is 17.0 Å². The molecule has 0 radical (unpaired) electrons. The van der Waals surface area contributed by atoms with Crippen LogP contribution in [0.5, 0.6) is 0 Å². The van der Waals surface area contributed by atoms with E-state index in [9.17, 15) is 21.6 Å². The van der Waals surface area contributed by atoms with Gasteiger partial charge in [-0.05, 0) is 42.5 Å². The maximum atomic E-state index is 12.8. The number of sulfonamides is 1. The van der Waals surface area contributed by atoms with Crippen LogP contribution in [-0.2, 0) is 24.7 Å². The lowest BCUT2D eigenvalue weighted by Gasteiger charge is -2.13. The minimum absolute atomic E-state index is 0.0422. The molecule has 2 aromatic rings. The number of carbonyl (C=O) groups excluding carboxylic acids is 1. The molecule has 25 heavy (non-hydrogen) atoms. The molecule has 0 atom stereocenters. The monoisotopic (exact) mass is 383 g/mol. The molecule has 0 heterocycles. The average molecular weight is 383 g/mol. The molecular weight excluding hydrogens is 366 g/mol. The molecule has 0 aliphatic rings.